The lowest BCUT2D eigenvalue weighted by Crippen LogP contribution is -2.37. The van der Waals surface area contributed by atoms with Crippen molar-refractivity contribution in [3.63, 3.8) is 0 Å². The van der Waals surface area contributed by atoms with Crippen LogP contribution in [0.5, 0.6) is 5.75 Å². The molecule has 1 aromatic heterocycles. The molecule has 0 bridgehead atoms. The molecule has 1 heterocycles. The topological polar surface area (TPSA) is 96.0 Å². The maximum atomic E-state index is 13.3. The van der Waals surface area contributed by atoms with E-state index in [1.807, 2.05) is 51.3 Å². The first-order valence-electron chi connectivity index (χ1n) is 12.6. The maximum absolute atomic E-state index is 13.3. The van der Waals surface area contributed by atoms with Crippen LogP contribution in [0.15, 0.2) is 64.9 Å². The van der Waals surface area contributed by atoms with Gasteiger partial charge < -0.3 is 19.3 Å². The van der Waals surface area contributed by atoms with Crippen molar-refractivity contribution in [1.82, 2.24) is 4.90 Å². The number of hydrogen-bond donors (Lipinski definition) is 1. The lowest BCUT2D eigenvalue weighted by atomic mass is 10.1. The van der Waals surface area contributed by atoms with Crippen molar-refractivity contribution in [2.24, 2.45) is 0 Å². The molecule has 0 saturated heterocycles. The van der Waals surface area contributed by atoms with Gasteiger partial charge in [0.15, 0.2) is 0 Å². The van der Waals surface area contributed by atoms with Gasteiger partial charge in [0, 0.05) is 55.6 Å². The van der Waals surface area contributed by atoms with Crippen molar-refractivity contribution < 1.29 is 22.2 Å². The van der Waals surface area contributed by atoms with Crippen LogP contribution in [-0.4, -0.2) is 44.3 Å². The Labute approximate surface area is 229 Å². The molecular weight excluding hydrogens is 522 g/mol. The number of carbonyl (C=O) groups is 2. The van der Waals surface area contributed by atoms with Gasteiger partial charge in [-0.25, -0.2) is 0 Å². The molecule has 0 spiro atoms. The largest absolute Gasteiger partial charge is 0.379 e. The van der Waals surface area contributed by atoms with Crippen LogP contribution in [-0.2, 0) is 21.5 Å². The van der Waals surface area contributed by atoms with E-state index in [2.05, 4.69) is 10.2 Å². The Bertz CT molecular complexity index is 1340. The highest BCUT2D eigenvalue weighted by molar-refractivity contribution is 7.87. The van der Waals surface area contributed by atoms with Crippen molar-refractivity contribution in [3.8, 4) is 5.75 Å². The molecule has 204 valence electrons. The zero-order valence-electron chi connectivity index (χ0n) is 22.4. The maximum Gasteiger partial charge on any atom is 0.339 e. The molecule has 0 aliphatic carbocycles. The van der Waals surface area contributed by atoms with Gasteiger partial charge in [0.05, 0.1) is 4.88 Å². The van der Waals surface area contributed by atoms with Crippen molar-refractivity contribution >= 4 is 44.6 Å². The number of nitrogens with one attached hydrogen (secondary N) is 1. The fourth-order valence-corrected chi connectivity index (χ4v) is 5.62. The first-order chi connectivity index (χ1) is 18.1. The van der Waals surface area contributed by atoms with Gasteiger partial charge in [-0.15, -0.1) is 11.3 Å². The molecule has 0 aliphatic heterocycles. The first-order valence-corrected chi connectivity index (χ1v) is 14.9. The molecule has 1 N–H and O–H groups in total. The number of benzene rings is 2. The second-order valence-corrected chi connectivity index (χ2v) is 11.4. The fourth-order valence-electron chi connectivity index (χ4n) is 3.98. The van der Waals surface area contributed by atoms with Crippen molar-refractivity contribution in [2.75, 3.05) is 23.3 Å². The van der Waals surface area contributed by atoms with Gasteiger partial charge in [-0.3, -0.25) is 9.59 Å². The molecule has 1 atom stereocenters. The minimum Gasteiger partial charge on any atom is -0.379 e. The van der Waals surface area contributed by atoms with E-state index in [-0.39, 0.29) is 35.0 Å². The molecule has 2 amide bonds. The average Bonchev–Trinajstić information content (AvgIpc) is 3.43. The van der Waals surface area contributed by atoms with Crippen LogP contribution in [0.2, 0.25) is 0 Å². The van der Waals surface area contributed by atoms with E-state index in [0.29, 0.717) is 16.1 Å². The number of amides is 2. The summed E-state index contributed by atoms with van der Waals surface area (Å²) in [6.45, 7) is 11.1. The Hall–Kier alpha value is -3.37. The quantitative estimate of drug-likeness (QED) is 0.285. The van der Waals surface area contributed by atoms with Gasteiger partial charge in [0.1, 0.15) is 10.6 Å². The number of carbonyl (C=O) groups excluding carboxylic acids is 2. The van der Waals surface area contributed by atoms with E-state index in [4.69, 9.17) is 4.18 Å². The first kappa shape index (κ1) is 29.2. The predicted octanol–water partition coefficient (Wildman–Crippen LogP) is 5.76. The highest BCUT2D eigenvalue weighted by Gasteiger charge is 2.25. The summed E-state index contributed by atoms with van der Waals surface area (Å²) in [6, 6.07) is 14.8. The zero-order valence-corrected chi connectivity index (χ0v) is 24.1. The van der Waals surface area contributed by atoms with Gasteiger partial charge in [-0.1, -0.05) is 19.1 Å². The van der Waals surface area contributed by atoms with Gasteiger partial charge in [-0.05, 0) is 69.0 Å². The number of rotatable bonds is 12. The molecule has 38 heavy (non-hydrogen) atoms. The van der Waals surface area contributed by atoms with Crippen molar-refractivity contribution in [2.45, 2.75) is 58.5 Å². The monoisotopic (exact) mass is 557 g/mol. The van der Waals surface area contributed by atoms with E-state index >= 15 is 0 Å². The third-order valence-corrected chi connectivity index (χ3v) is 8.40. The third-order valence-electron chi connectivity index (χ3n) is 6.30. The standard InChI is InChI=1S/C28H35N3O5S2/c1-6-20(4)31(28(33)27-10-9-17-37-27)19-22-11-14-24(30(7-2)8-3)18-26(22)36-38(34,35)25-15-12-23(13-16-25)29-21(5)32/h9-18,20H,6-8,19H2,1-5H3,(H,29,32). The normalized spacial score (nSPS) is 12.0. The van der Waals surface area contributed by atoms with E-state index in [9.17, 15) is 18.0 Å². The molecule has 3 aromatic rings. The van der Waals surface area contributed by atoms with Crippen LogP contribution in [0, 0.1) is 0 Å². The number of hydrogen-bond acceptors (Lipinski definition) is 7. The summed E-state index contributed by atoms with van der Waals surface area (Å²) in [7, 11) is -4.19. The van der Waals surface area contributed by atoms with Crippen molar-refractivity contribution in [3.05, 3.63) is 70.4 Å². The molecule has 0 saturated carbocycles. The summed E-state index contributed by atoms with van der Waals surface area (Å²) in [5.41, 5.74) is 1.89. The van der Waals surface area contributed by atoms with E-state index < -0.39 is 10.1 Å². The van der Waals surface area contributed by atoms with Crippen LogP contribution in [0.1, 0.15) is 56.3 Å². The van der Waals surface area contributed by atoms with Crippen LogP contribution in [0.3, 0.4) is 0 Å². The molecule has 0 radical (unpaired) electrons. The van der Waals surface area contributed by atoms with Crippen LogP contribution in [0.4, 0.5) is 11.4 Å². The molecule has 0 fully saturated rings. The average molecular weight is 558 g/mol. The molecule has 1 unspecified atom stereocenters. The molecule has 2 aromatic carbocycles. The number of anilines is 2. The number of nitrogens with zero attached hydrogens (tertiary/aromatic N) is 2. The minimum absolute atomic E-state index is 0.0424. The Kier molecular flexibility index (Phi) is 9.93. The summed E-state index contributed by atoms with van der Waals surface area (Å²) < 4.78 is 32.3. The summed E-state index contributed by atoms with van der Waals surface area (Å²) >= 11 is 1.38. The summed E-state index contributed by atoms with van der Waals surface area (Å²) in [4.78, 5) is 29.1. The van der Waals surface area contributed by atoms with Gasteiger partial charge in [0.25, 0.3) is 5.91 Å². The van der Waals surface area contributed by atoms with E-state index in [0.717, 1.165) is 25.2 Å². The summed E-state index contributed by atoms with van der Waals surface area (Å²) in [6.07, 6.45) is 0.740. The van der Waals surface area contributed by atoms with Gasteiger partial charge in [0.2, 0.25) is 5.91 Å². The smallest absolute Gasteiger partial charge is 0.339 e. The Balaban J connectivity index is 2.01. The highest BCUT2D eigenvalue weighted by Crippen LogP contribution is 2.31. The van der Waals surface area contributed by atoms with Crippen molar-refractivity contribution in [1.29, 1.82) is 0 Å². The molecule has 10 heteroatoms. The third kappa shape index (κ3) is 7.14. The Morgan fingerprint density at radius 3 is 2.26 bits per heavy atom. The van der Waals surface area contributed by atoms with Gasteiger partial charge >= 0.3 is 10.1 Å². The molecule has 0 aliphatic rings. The lowest BCUT2D eigenvalue weighted by molar-refractivity contribution is -0.114. The second-order valence-electron chi connectivity index (χ2n) is 8.87. The second kappa shape index (κ2) is 12.9. The lowest BCUT2D eigenvalue weighted by Gasteiger charge is -2.29. The Morgan fingerprint density at radius 2 is 1.71 bits per heavy atom. The molecular formula is C28H35N3O5S2. The minimum atomic E-state index is -4.19. The fraction of sp³-hybridized carbons (Fsp3) is 0.357. The molecule has 8 nitrogen and oxygen atoms in total. The van der Waals surface area contributed by atoms with Gasteiger partial charge in [-0.2, -0.15) is 8.42 Å². The summed E-state index contributed by atoms with van der Waals surface area (Å²) in [5, 5.41) is 4.48. The van der Waals surface area contributed by atoms with E-state index in [1.165, 1.54) is 42.5 Å². The zero-order chi connectivity index (χ0) is 27.9. The highest BCUT2D eigenvalue weighted by atomic mass is 32.2. The van der Waals surface area contributed by atoms with Crippen LogP contribution in [0.25, 0.3) is 0 Å². The van der Waals surface area contributed by atoms with E-state index in [1.54, 1.807) is 17.0 Å². The SMILES string of the molecule is CCC(C)N(Cc1ccc(N(CC)CC)cc1OS(=O)(=O)c1ccc(NC(C)=O)cc1)C(=O)c1cccs1. The predicted molar refractivity (Wildman–Crippen MR) is 153 cm³/mol. The number of thiophene rings is 1. The molecule has 3 rings (SSSR count). The van der Waals surface area contributed by atoms with Crippen LogP contribution < -0.4 is 14.4 Å². The van der Waals surface area contributed by atoms with Crippen LogP contribution >= 0.6 is 11.3 Å². The summed E-state index contributed by atoms with van der Waals surface area (Å²) in [5.74, 6) is -0.185. The Morgan fingerprint density at radius 1 is 1.03 bits per heavy atom.